The van der Waals surface area contributed by atoms with E-state index in [0.717, 1.165) is 11.0 Å². The summed E-state index contributed by atoms with van der Waals surface area (Å²) < 4.78 is 1.23. The van der Waals surface area contributed by atoms with E-state index in [4.69, 9.17) is 5.73 Å². The number of benzene rings is 1. The van der Waals surface area contributed by atoms with Gasteiger partial charge in [-0.3, -0.25) is 24.3 Å². The number of carbonyl (C=O) groups is 2. The Bertz CT molecular complexity index is 842. The second kappa shape index (κ2) is 4.78. The van der Waals surface area contributed by atoms with Crippen LogP contribution >= 0.6 is 11.8 Å². The van der Waals surface area contributed by atoms with Gasteiger partial charge in [0.1, 0.15) is 5.82 Å². The summed E-state index contributed by atoms with van der Waals surface area (Å²) in [6, 6.07) is 8.35. The van der Waals surface area contributed by atoms with Gasteiger partial charge in [0.25, 0.3) is 17.4 Å². The maximum absolute atomic E-state index is 12.2. The van der Waals surface area contributed by atoms with Crippen molar-refractivity contribution in [1.29, 1.82) is 0 Å². The number of anilines is 1. The zero-order valence-corrected chi connectivity index (χ0v) is 11.9. The highest BCUT2D eigenvalue weighted by Gasteiger charge is 2.31. The number of carbonyl (C=O) groups excluding carboxylic acids is 2. The number of hydrogen-bond donors (Lipinski definition) is 2. The van der Waals surface area contributed by atoms with Crippen LogP contribution in [0.2, 0.25) is 0 Å². The molecular weight excluding hydrogens is 290 g/mol. The number of aromatic nitrogens is 1. The van der Waals surface area contributed by atoms with Crippen LogP contribution in [0.3, 0.4) is 0 Å². The third kappa shape index (κ3) is 2.02. The van der Waals surface area contributed by atoms with Gasteiger partial charge < -0.3 is 5.73 Å². The van der Waals surface area contributed by atoms with Crippen molar-refractivity contribution >= 4 is 29.4 Å². The first-order chi connectivity index (χ1) is 10.0. The smallest absolute Gasteiger partial charge is 0.262 e. The normalized spacial score (nSPS) is 13.2. The number of nitrogens with zero attached hydrogens (tertiary/aromatic N) is 1. The van der Waals surface area contributed by atoms with Crippen molar-refractivity contribution in [3.63, 3.8) is 0 Å². The molecule has 1 aliphatic heterocycles. The molecule has 7 heteroatoms. The van der Waals surface area contributed by atoms with Gasteiger partial charge in [-0.2, -0.15) is 0 Å². The first-order valence-corrected chi connectivity index (χ1v) is 7.31. The zero-order valence-electron chi connectivity index (χ0n) is 11.0. The molecule has 2 aromatic rings. The Morgan fingerprint density at radius 2 is 1.90 bits per heavy atom. The first kappa shape index (κ1) is 13.4. The number of nitrogens with two attached hydrogens (primary N) is 1. The van der Waals surface area contributed by atoms with Crippen molar-refractivity contribution in [1.82, 2.24) is 9.88 Å². The summed E-state index contributed by atoms with van der Waals surface area (Å²) in [5.41, 5.74) is 6.14. The third-order valence-corrected chi connectivity index (χ3v) is 3.99. The molecule has 0 fully saturated rings. The lowest BCUT2D eigenvalue weighted by atomic mass is 10.1. The molecule has 1 aliphatic rings. The Morgan fingerprint density at radius 3 is 2.62 bits per heavy atom. The number of nitrogen functional groups attached to an aromatic ring is 1. The summed E-state index contributed by atoms with van der Waals surface area (Å²) in [6.45, 7) is 0. The Morgan fingerprint density at radius 1 is 1.14 bits per heavy atom. The molecule has 1 aromatic heterocycles. The van der Waals surface area contributed by atoms with E-state index in [1.807, 2.05) is 12.3 Å². The summed E-state index contributed by atoms with van der Waals surface area (Å²) >= 11 is 1.53. The molecule has 0 spiro atoms. The molecular formula is C14H11N3O3S. The second-order valence-corrected chi connectivity index (χ2v) is 5.36. The predicted molar refractivity (Wildman–Crippen MR) is 80.0 cm³/mol. The van der Waals surface area contributed by atoms with Gasteiger partial charge in [0, 0.05) is 11.0 Å². The largest absolute Gasteiger partial charge is 0.384 e. The molecule has 2 heterocycles. The van der Waals surface area contributed by atoms with Crippen molar-refractivity contribution in [2.75, 3.05) is 12.0 Å². The summed E-state index contributed by atoms with van der Waals surface area (Å²) in [6.07, 6.45) is 1.92. The fourth-order valence-electron chi connectivity index (χ4n) is 2.30. The van der Waals surface area contributed by atoms with E-state index in [2.05, 4.69) is 5.32 Å². The van der Waals surface area contributed by atoms with Gasteiger partial charge in [-0.25, -0.2) is 0 Å². The Kier molecular flexibility index (Phi) is 3.06. The van der Waals surface area contributed by atoms with Gasteiger partial charge >= 0.3 is 0 Å². The van der Waals surface area contributed by atoms with Crippen LogP contribution in [0.15, 0.2) is 40.0 Å². The van der Waals surface area contributed by atoms with Crippen molar-refractivity contribution in [3.8, 4) is 5.69 Å². The quantitative estimate of drug-likeness (QED) is 0.638. The molecule has 2 amide bonds. The summed E-state index contributed by atoms with van der Waals surface area (Å²) in [7, 11) is 0. The fraction of sp³-hybridized carbons (Fsp3) is 0.0714. The minimum absolute atomic E-state index is 0.0276. The number of rotatable bonds is 2. The van der Waals surface area contributed by atoms with Crippen molar-refractivity contribution in [2.45, 2.75) is 4.90 Å². The van der Waals surface area contributed by atoms with Gasteiger partial charge in [0.15, 0.2) is 0 Å². The van der Waals surface area contributed by atoms with Crippen LogP contribution in [0, 0.1) is 0 Å². The van der Waals surface area contributed by atoms with Crippen LogP contribution in [-0.2, 0) is 0 Å². The van der Waals surface area contributed by atoms with Gasteiger partial charge in [0.2, 0.25) is 0 Å². The molecule has 0 radical (unpaired) electrons. The third-order valence-electron chi connectivity index (χ3n) is 3.26. The number of fused-ring (bicyclic) bond motifs is 1. The summed E-state index contributed by atoms with van der Waals surface area (Å²) in [5.74, 6) is -1.20. The lowest BCUT2D eigenvalue weighted by Crippen LogP contribution is -2.24. The van der Waals surface area contributed by atoms with Crippen LogP contribution in [0.1, 0.15) is 20.7 Å². The Balaban J connectivity index is 2.30. The van der Waals surface area contributed by atoms with Crippen LogP contribution in [0.4, 0.5) is 5.82 Å². The van der Waals surface area contributed by atoms with Crippen molar-refractivity contribution in [2.24, 2.45) is 0 Å². The SMILES string of the molecule is CSc1cccc(-n2c(N)c3c(cc2=O)C(=O)NC3=O)c1. The van der Waals surface area contributed by atoms with E-state index in [1.54, 1.807) is 18.2 Å². The van der Waals surface area contributed by atoms with Gasteiger partial charge in [-0.1, -0.05) is 6.07 Å². The molecule has 0 unspecified atom stereocenters. The van der Waals surface area contributed by atoms with E-state index in [9.17, 15) is 14.4 Å². The van der Waals surface area contributed by atoms with Crippen molar-refractivity contribution < 1.29 is 9.59 Å². The van der Waals surface area contributed by atoms with Crippen molar-refractivity contribution in [3.05, 3.63) is 51.8 Å². The van der Waals surface area contributed by atoms with E-state index >= 15 is 0 Å². The molecule has 0 bridgehead atoms. The van der Waals surface area contributed by atoms with Gasteiger partial charge in [-0.05, 0) is 24.5 Å². The molecule has 0 aliphatic carbocycles. The molecule has 3 rings (SSSR count). The molecule has 0 atom stereocenters. The minimum atomic E-state index is -0.594. The van der Waals surface area contributed by atoms with E-state index in [-0.39, 0.29) is 16.9 Å². The van der Waals surface area contributed by atoms with Crippen LogP contribution in [-0.4, -0.2) is 22.6 Å². The highest BCUT2D eigenvalue weighted by molar-refractivity contribution is 7.98. The van der Waals surface area contributed by atoms with E-state index in [1.165, 1.54) is 16.3 Å². The maximum atomic E-state index is 12.2. The first-order valence-electron chi connectivity index (χ1n) is 6.08. The maximum Gasteiger partial charge on any atom is 0.262 e. The number of amides is 2. The minimum Gasteiger partial charge on any atom is -0.384 e. The number of pyridine rings is 1. The molecule has 1 aromatic carbocycles. The highest BCUT2D eigenvalue weighted by atomic mass is 32.2. The molecule has 0 saturated carbocycles. The predicted octanol–water partition coefficient (Wildman–Crippen LogP) is 1.03. The number of hydrogen-bond acceptors (Lipinski definition) is 5. The zero-order chi connectivity index (χ0) is 15.1. The average molecular weight is 301 g/mol. The number of thioether (sulfide) groups is 1. The van der Waals surface area contributed by atoms with E-state index < -0.39 is 17.4 Å². The standard InChI is InChI=1S/C14H11N3O3S/c1-21-8-4-2-3-7(5-8)17-10(18)6-9-11(12(17)15)14(20)16-13(9)19/h2-6H,15H2,1H3,(H,16,19,20). The fourth-order valence-corrected chi connectivity index (χ4v) is 2.75. The lowest BCUT2D eigenvalue weighted by molar-refractivity contribution is 0.0880. The highest BCUT2D eigenvalue weighted by Crippen LogP contribution is 2.24. The molecule has 6 nitrogen and oxygen atoms in total. The number of imide groups is 1. The van der Waals surface area contributed by atoms with E-state index in [0.29, 0.717) is 5.69 Å². The van der Waals surface area contributed by atoms with Gasteiger partial charge in [-0.15, -0.1) is 11.8 Å². The molecule has 21 heavy (non-hydrogen) atoms. The Hall–Kier alpha value is -2.54. The van der Waals surface area contributed by atoms with Gasteiger partial charge in [0.05, 0.1) is 16.8 Å². The summed E-state index contributed by atoms with van der Waals surface area (Å²) in [5, 5.41) is 2.14. The number of nitrogens with one attached hydrogen (secondary N) is 1. The van der Waals surface area contributed by atoms with Crippen LogP contribution < -0.4 is 16.6 Å². The molecule has 3 N–H and O–H groups in total. The second-order valence-electron chi connectivity index (χ2n) is 4.48. The topological polar surface area (TPSA) is 94.2 Å². The molecule has 0 saturated heterocycles. The average Bonchev–Trinajstić information content (AvgIpc) is 2.74. The van der Waals surface area contributed by atoms with Crippen LogP contribution in [0.5, 0.6) is 0 Å². The van der Waals surface area contributed by atoms with Crippen LogP contribution in [0.25, 0.3) is 5.69 Å². The Labute approximate surface area is 124 Å². The monoisotopic (exact) mass is 301 g/mol. The lowest BCUT2D eigenvalue weighted by Gasteiger charge is -2.12. The molecule has 106 valence electrons. The summed E-state index contributed by atoms with van der Waals surface area (Å²) in [4.78, 5) is 36.6.